The molecular weight excluding hydrogens is 319 g/mol. The smallest absolute Gasteiger partial charge is 0.0128 e. The van der Waals surface area contributed by atoms with Crippen LogP contribution in [0.25, 0.3) is 5.57 Å². The van der Waals surface area contributed by atoms with Gasteiger partial charge in [-0.3, -0.25) is 0 Å². The van der Waals surface area contributed by atoms with Gasteiger partial charge in [0.25, 0.3) is 0 Å². The highest BCUT2D eigenvalue weighted by Gasteiger charge is 2.09. The molecule has 0 aromatic heterocycles. The van der Waals surface area contributed by atoms with Crippen LogP contribution in [0.3, 0.4) is 0 Å². The van der Waals surface area contributed by atoms with E-state index in [4.69, 9.17) is 0 Å². The first-order valence-corrected chi connectivity index (χ1v) is 10.1. The van der Waals surface area contributed by atoms with Crippen molar-refractivity contribution in [2.24, 2.45) is 0 Å². The van der Waals surface area contributed by atoms with E-state index in [2.05, 4.69) is 54.3 Å². The Morgan fingerprint density at radius 3 is 1.70 bits per heavy atom. The molecule has 0 fully saturated rings. The molecule has 0 bridgehead atoms. The van der Waals surface area contributed by atoms with Crippen molar-refractivity contribution >= 4 is 27.2 Å². The molecule has 0 saturated heterocycles. The molecule has 1 rings (SSSR count). The number of rotatable bonds is 11. The summed E-state index contributed by atoms with van der Waals surface area (Å²) in [5.74, 6) is 0. The Morgan fingerprint density at radius 2 is 1.26 bits per heavy atom. The summed E-state index contributed by atoms with van der Waals surface area (Å²) in [6.07, 6.45) is 12.7. The van der Waals surface area contributed by atoms with Gasteiger partial charge in [-0.15, -0.1) is 21.6 Å². The van der Waals surface area contributed by atoms with Gasteiger partial charge in [0.15, 0.2) is 0 Å². The van der Waals surface area contributed by atoms with Crippen LogP contribution >= 0.6 is 21.6 Å². The standard InChI is InChI=1S/C21H35P.ClH/c1-4-7-10-19(11-8-5-2)21(12-9-6-3)20-15-13-18(17-22)14-16-20;/h13-16H,4-12,17,22H2,1-3H3;1H. The van der Waals surface area contributed by atoms with E-state index in [1.54, 1.807) is 11.1 Å². The SMILES string of the molecule is CCCCC(CCCC)=C(CCCC)c1ccc(CP)cc1.Cl. The molecule has 23 heavy (non-hydrogen) atoms. The molecule has 1 atom stereocenters. The second-order valence-electron chi connectivity index (χ2n) is 6.29. The Bertz CT molecular complexity index is 424. The van der Waals surface area contributed by atoms with Gasteiger partial charge in [0, 0.05) is 0 Å². The van der Waals surface area contributed by atoms with Crippen LogP contribution in [0.5, 0.6) is 0 Å². The van der Waals surface area contributed by atoms with E-state index in [0.29, 0.717) is 0 Å². The van der Waals surface area contributed by atoms with Crippen LogP contribution in [-0.4, -0.2) is 0 Å². The van der Waals surface area contributed by atoms with E-state index in [1.807, 2.05) is 0 Å². The molecule has 0 aliphatic rings. The first-order chi connectivity index (χ1) is 10.8. The quantitative estimate of drug-likeness (QED) is 0.355. The molecule has 1 aromatic carbocycles. The molecule has 1 aromatic rings. The van der Waals surface area contributed by atoms with Gasteiger partial charge in [0.2, 0.25) is 0 Å². The highest BCUT2D eigenvalue weighted by Crippen LogP contribution is 2.31. The summed E-state index contributed by atoms with van der Waals surface area (Å²) >= 11 is 0. The molecule has 0 aliphatic carbocycles. The second-order valence-corrected chi connectivity index (χ2v) is 6.70. The van der Waals surface area contributed by atoms with Gasteiger partial charge in [-0.25, -0.2) is 0 Å². The Hall–Kier alpha value is -0.320. The first kappa shape index (κ1) is 22.7. The molecule has 0 heterocycles. The van der Waals surface area contributed by atoms with Gasteiger partial charge in [0.1, 0.15) is 0 Å². The fourth-order valence-electron chi connectivity index (χ4n) is 2.93. The zero-order valence-electron chi connectivity index (χ0n) is 15.4. The molecule has 2 heteroatoms. The number of halogens is 1. The van der Waals surface area contributed by atoms with Crippen LogP contribution in [0, 0.1) is 0 Å². The summed E-state index contributed by atoms with van der Waals surface area (Å²) < 4.78 is 0. The molecule has 0 nitrogen and oxygen atoms in total. The maximum atomic E-state index is 2.82. The molecule has 132 valence electrons. The summed E-state index contributed by atoms with van der Waals surface area (Å²) in [5, 5.41) is 0. The van der Waals surface area contributed by atoms with Crippen molar-refractivity contribution in [1.82, 2.24) is 0 Å². The minimum Gasteiger partial charge on any atom is -0.147 e. The van der Waals surface area contributed by atoms with Crippen molar-refractivity contribution in [3.8, 4) is 0 Å². The van der Waals surface area contributed by atoms with Crippen LogP contribution in [-0.2, 0) is 6.16 Å². The third-order valence-electron chi connectivity index (χ3n) is 4.41. The average Bonchev–Trinajstić information content (AvgIpc) is 2.57. The number of benzene rings is 1. The van der Waals surface area contributed by atoms with Crippen molar-refractivity contribution in [1.29, 1.82) is 0 Å². The van der Waals surface area contributed by atoms with Crippen LogP contribution in [0.2, 0.25) is 0 Å². The second kappa shape index (κ2) is 14.1. The Kier molecular flexibility index (Phi) is 13.9. The van der Waals surface area contributed by atoms with Crippen molar-refractivity contribution in [3.63, 3.8) is 0 Å². The normalized spacial score (nSPS) is 10.3. The molecule has 1 unspecified atom stereocenters. The topological polar surface area (TPSA) is 0 Å². The average molecular weight is 355 g/mol. The van der Waals surface area contributed by atoms with E-state index < -0.39 is 0 Å². The van der Waals surface area contributed by atoms with Crippen molar-refractivity contribution < 1.29 is 0 Å². The number of hydrogen-bond donors (Lipinski definition) is 0. The number of hydrogen-bond acceptors (Lipinski definition) is 0. The first-order valence-electron chi connectivity index (χ1n) is 9.27. The summed E-state index contributed by atoms with van der Waals surface area (Å²) in [5.41, 5.74) is 6.26. The van der Waals surface area contributed by atoms with Gasteiger partial charge < -0.3 is 0 Å². The highest BCUT2D eigenvalue weighted by atomic mass is 35.5. The maximum Gasteiger partial charge on any atom is -0.0128 e. The van der Waals surface area contributed by atoms with E-state index in [0.717, 1.165) is 6.16 Å². The van der Waals surface area contributed by atoms with Gasteiger partial charge >= 0.3 is 0 Å². The van der Waals surface area contributed by atoms with Crippen LogP contribution in [0.4, 0.5) is 0 Å². The number of allylic oxidation sites excluding steroid dienone is 2. The van der Waals surface area contributed by atoms with Crippen LogP contribution in [0.1, 0.15) is 89.7 Å². The lowest BCUT2D eigenvalue weighted by atomic mass is 9.89. The zero-order valence-corrected chi connectivity index (χ0v) is 17.3. The van der Waals surface area contributed by atoms with E-state index in [-0.39, 0.29) is 12.4 Å². The van der Waals surface area contributed by atoms with E-state index in [9.17, 15) is 0 Å². The predicted octanol–water partition coefficient (Wildman–Crippen LogP) is 7.81. The Balaban J connectivity index is 0.00000484. The monoisotopic (exact) mass is 354 g/mol. The van der Waals surface area contributed by atoms with E-state index in [1.165, 1.54) is 68.9 Å². The number of unbranched alkanes of at least 4 members (excludes halogenated alkanes) is 3. The lowest BCUT2D eigenvalue weighted by Gasteiger charge is -2.17. The zero-order chi connectivity index (χ0) is 16.2. The lowest BCUT2D eigenvalue weighted by Crippen LogP contribution is -1.95. The third-order valence-corrected chi connectivity index (χ3v) is 4.88. The van der Waals surface area contributed by atoms with E-state index >= 15 is 0 Å². The highest BCUT2D eigenvalue weighted by molar-refractivity contribution is 7.15. The molecule has 0 aliphatic heterocycles. The van der Waals surface area contributed by atoms with Crippen LogP contribution in [0.15, 0.2) is 29.8 Å². The van der Waals surface area contributed by atoms with Crippen molar-refractivity contribution in [2.45, 2.75) is 84.7 Å². The molecule has 0 N–H and O–H groups in total. The predicted molar refractivity (Wildman–Crippen MR) is 113 cm³/mol. The lowest BCUT2D eigenvalue weighted by molar-refractivity contribution is 0.707. The van der Waals surface area contributed by atoms with Gasteiger partial charge in [-0.2, -0.15) is 0 Å². The maximum absolute atomic E-state index is 2.82. The summed E-state index contributed by atoms with van der Waals surface area (Å²) in [6.45, 7) is 6.90. The Labute approximate surface area is 153 Å². The Morgan fingerprint density at radius 1 is 0.783 bits per heavy atom. The largest absolute Gasteiger partial charge is 0.147 e. The molecule has 0 saturated carbocycles. The molecular formula is C21H36ClP. The summed E-state index contributed by atoms with van der Waals surface area (Å²) in [4.78, 5) is 0. The summed E-state index contributed by atoms with van der Waals surface area (Å²) in [7, 11) is 2.82. The minimum absolute atomic E-state index is 0. The molecule has 0 radical (unpaired) electrons. The summed E-state index contributed by atoms with van der Waals surface area (Å²) in [6, 6.07) is 9.29. The van der Waals surface area contributed by atoms with Gasteiger partial charge in [0.05, 0.1) is 0 Å². The van der Waals surface area contributed by atoms with Gasteiger partial charge in [-0.1, -0.05) is 69.9 Å². The fourth-order valence-corrected chi connectivity index (χ4v) is 3.20. The fraction of sp³-hybridized carbons (Fsp3) is 0.619. The van der Waals surface area contributed by atoms with Crippen molar-refractivity contribution in [2.75, 3.05) is 0 Å². The third kappa shape index (κ3) is 8.37. The van der Waals surface area contributed by atoms with Crippen molar-refractivity contribution in [3.05, 3.63) is 41.0 Å². The van der Waals surface area contributed by atoms with Crippen LogP contribution < -0.4 is 0 Å². The minimum atomic E-state index is 0. The molecule has 0 spiro atoms. The molecule has 0 amide bonds. The van der Waals surface area contributed by atoms with Gasteiger partial charge in [-0.05, 0) is 61.4 Å².